The molecule has 2 aliphatic rings. The quantitative estimate of drug-likeness (QED) is 0.841. The fourth-order valence-corrected chi connectivity index (χ4v) is 3.06. The predicted molar refractivity (Wildman–Crippen MR) is 80.0 cm³/mol. The molecule has 2 aliphatic heterocycles. The summed E-state index contributed by atoms with van der Waals surface area (Å²) < 4.78 is 0. The minimum atomic E-state index is -0.176. The Morgan fingerprint density at radius 2 is 1.76 bits per heavy atom. The Hall–Kier alpha value is -1.72. The maximum Gasteiger partial charge on any atom is 0.261 e. The highest BCUT2D eigenvalue weighted by Crippen LogP contribution is 2.22. The Morgan fingerprint density at radius 3 is 2.33 bits per heavy atom. The van der Waals surface area contributed by atoms with Crippen molar-refractivity contribution in [2.24, 2.45) is 11.7 Å². The van der Waals surface area contributed by atoms with E-state index < -0.39 is 0 Å². The summed E-state index contributed by atoms with van der Waals surface area (Å²) in [6.45, 7) is 5.13. The number of nitrogens with zero attached hydrogens (tertiary/aromatic N) is 2. The first-order chi connectivity index (χ1) is 10.1. The smallest absolute Gasteiger partial charge is 0.261 e. The normalized spacial score (nSPS) is 26.3. The number of hydrogen-bond donors (Lipinski definition) is 1. The van der Waals surface area contributed by atoms with Gasteiger partial charge in [-0.25, -0.2) is 0 Å². The Morgan fingerprint density at radius 1 is 1.14 bits per heavy atom. The number of carbonyl (C=O) groups excluding carboxylic acids is 2. The van der Waals surface area contributed by atoms with Crippen LogP contribution in [0.2, 0.25) is 0 Å². The van der Waals surface area contributed by atoms with Crippen LogP contribution in [-0.2, 0) is 0 Å². The second kappa shape index (κ2) is 5.58. The van der Waals surface area contributed by atoms with Gasteiger partial charge in [0.2, 0.25) is 0 Å². The van der Waals surface area contributed by atoms with Gasteiger partial charge in [0, 0.05) is 25.7 Å². The van der Waals surface area contributed by atoms with Crippen molar-refractivity contribution >= 4 is 11.8 Å². The van der Waals surface area contributed by atoms with E-state index in [1.165, 1.54) is 4.90 Å². The number of hydrogen-bond acceptors (Lipinski definition) is 4. The lowest BCUT2D eigenvalue weighted by atomic mass is 9.94. The van der Waals surface area contributed by atoms with Gasteiger partial charge in [-0.1, -0.05) is 19.1 Å². The van der Waals surface area contributed by atoms with E-state index in [0.717, 1.165) is 19.5 Å². The summed E-state index contributed by atoms with van der Waals surface area (Å²) in [5.41, 5.74) is 7.13. The fraction of sp³-hybridized carbons (Fsp3) is 0.500. The predicted octanol–water partition coefficient (Wildman–Crippen LogP) is 0.952. The number of piperidine rings is 1. The number of amides is 2. The van der Waals surface area contributed by atoms with Crippen molar-refractivity contribution in [2.75, 3.05) is 26.2 Å². The average molecular weight is 287 g/mol. The zero-order chi connectivity index (χ0) is 15.0. The zero-order valence-electron chi connectivity index (χ0n) is 12.3. The minimum absolute atomic E-state index is 0.176. The van der Waals surface area contributed by atoms with Crippen LogP contribution in [0.1, 0.15) is 34.1 Å². The van der Waals surface area contributed by atoms with Gasteiger partial charge in [0.1, 0.15) is 0 Å². The van der Waals surface area contributed by atoms with Crippen molar-refractivity contribution in [1.82, 2.24) is 9.80 Å². The summed E-state index contributed by atoms with van der Waals surface area (Å²) in [6, 6.07) is 7.19. The molecule has 112 valence electrons. The molecule has 5 heteroatoms. The Bertz CT molecular complexity index is 537. The lowest BCUT2D eigenvalue weighted by Gasteiger charge is -2.35. The second-order valence-corrected chi connectivity index (χ2v) is 6.04. The molecule has 0 aliphatic carbocycles. The number of rotatable bonds is 3. The summed E-state index contributed by atoms with van der Waals surface area (Å²) in [5, 5.41) is 0. The molecule has 0 radical (unpaired) electrons. The molecule has 0 spiro atoms. The molecule has 2 unspecified atom stereocenters. The lowest BCUT2D eigenvalue weighted by molar-refractivity contribution is 0.0623. The van der Waals surface area contributed by atoms with E-state index in [-0.39, 0.29) is 17.9 Å². The highest BCUT2D eigenvalue weighted by Gasteiger charge is 2.35. The van der Waals surface area contributed by atoms with E-state index in [0.29, 0.717) is 30.1 Å². The lowest BCUT2D eigenvalue weighted by Crippen LogP contribution is -2.49. The number of nitrogens with two attached hydrogens (primary N) is 1. The van der Waals surface area contributed by atoms with E-state index in [2.05, 4.69) is 11.8 Å². The van der Waals surface area contributed by atoms with Gasteiger partial charge in [-0.2, -0.15) is 0 Å². The van der Waals surface area contributed by atoms with Crippen LogP contribution in [0.5, 0.6) is 0 Å². The van der Waals surface area contributed by atoms with Crippen LogP contribution in [-0.4, -0.2) is 53.8 Å². The Kier molecular flexibility index (Phi) is 3.78. The first-order valence-electron chi connectivity index (χ1n) is 7.51. The number of imide groups is 1. The first kappa shape index (κ1) is 14.2. The topological polar surface area (TPSA) is 66.6 Å². The molecule has 2 amide bonds. The summed E-state index contributed by atoms with van der Waals surface area (Å²) in [5.74, 6) is 0.191. The van der Waals surface area contributed by atoms with Gasteiger partial charge in [0.25, 0.3) is 11.8 Å². The molecule has 1 aromatic carbocycles. The third-order valence-corrected chi connectivity index (χ3v) is 4.62. The van der Waals surface area contributed by atoms with Crippen molar-refractivity contribution in [3.05, 3.63) is 35.4 Å². The molecule has 5 nitrogen and oxygen atoms in total. The van der Waals surface area contributed by atoms with Crippen molar-refractivity contribution < 1.29 is 9.59 Å². The summed E-state index contributed by atoms with van der Waals surface area (Å²) in [4.78, 5) is 28.1. The van der Waals surface area contributed by atoms with E-state index in [4.69, 9.17) is 5.73 Å². The van der Waals surface area contributed by atoms with Crippen LogP contribution in [0, 0.1) is 5.92 Å². The standard InChI is InChI=1S/C16H21N3O2/c1-11-6-7-18(10-14(11)17)8-9-19-15(20)12-4-2-3-5-13(12)16(19)21/h2-5,11,14H,6-10,17H2,1H3. The molecular weight excluding hydrogens is 266 g/mol. The number of benzene rings is 1. The van der Waals surface area contributed by atoms with E-state index in [1.807, 2.05) is 0 Å². The molecule has 1 fully saturated rings. The van der Waals surface area contributed by atoms with Crippen LogP contribution >= 0.6 is 0 Å². The van der Waals surface area contributed by atoms with Crippen molar-refractivity contribution in [2.45, 2.75) is 19.4 Å². The van der Waals surface area contributed by atoms with Gasteiger partial charge in [-0.15, -0.1) is 0 Å². The second-order valence-electron chi connectivity index (χ2n) is 6.04. The van der Waals surface area contributed by atoms with Gasteiger partial charge >= 0.3 is 0 Å². The monoisotopic (exact) mass is 287 g/mol. The number of likely N-dealkylation sites (tertiary alicyclic amines) is 1. The van der Waals surface area contributed by atoms with Crippen LogP contribution in [0.25, 0.3) is 0 Å². The summed E-state index contributed by atoms with van der Waals surface area (Å²) in [6.07, 6.45) is 1.07. The first-order valence-corrected chi connectivity index (χ1v) is 7.51. The van der Waals surface area contributed by atoms with Crippen LogP contribution in [0.15, 0.2) is 24.3 Å². The molecule has 1 aromatic rings. The van der Waals surface area contributed by atoms with Crippen molar-refractivity contribution in [3.8, 4) is 0 Å². The number of fused-ring (bicyclic) bond motifs is 1. The molecule has 2 N–H and O–H groups in total. The van der Waals surface area contributed by atoms with Crippen molar-refractivity contribution in [3.63, 3.8) is 0 Å². The molecule has 2 atom stereocenters. The van der Waals surface area contributed by atoms with Gasteiger partial charge in [-0.3, -0.25) is 14.5 Å². The van der Waals surface area contributed by atoms with E-state index in [9.17, 15) is 9.59 Å². The van der Waals surface area contributed by atoms with E-state index in [1.54, 1.807) is 24.3 Å². The van der Waals surface area contributed by atoms with Gasteiger partial charge in [0.05, 0.1) is 11.1 Å². The van der Waals surface area contributed by atoms with Gasteiger partial charge in [0.15, 0.2) is 0 Å². The largest absolute Gasteiger partial charge is 0.326 e. The van der Waals surface area contributed by atoms with Crippen LogP contribution in [0.3, 0.4) is 0 Å². The highest BCUT2D eigenvalue weighted by atomic mass is 16.2. The molecule has 3 rings (SSSR count). The Labute approximate surface area is 124 Å². The summed E-state index contributed by atoms with van der Waals surface area (Å²) >= 11 is 0. The zero-order valence-corrected chi connectivity index (χ0v) is 12.3. The fourth-order valence-electron chi connectivity index (χ4n) is 3.06. The molecule has 0 saturated carbocycles. The molecule has 1 saturated heterocycles. The molecule has 0 bridgehead atoms. The van der Waals surface area contributed by atoms with Gasteiger partial charge < -0.3 is 10.6 Å². The SMILES string of the molecule is CC1CCN(CCN2C(=O)c3ccccc3C2=O)CC1N. The molecular formula is C16H21N3O2. The van der Waals surface area contributed by atoms with Gasteiger partial charge in [-0.05, 0) is 31.0 Å². The maximum absolute atomic E-state index is 12.3. The van der Waals surface area contributed by atoms with Crippen molar-refractivity contribution in [1.29, 1.82) is 0 Å². The average Bonchev–Trinajstić information content (AvgIpc) is 2.73. The molecule has 0 aromatic heterocycles. The molecule has 2 heterocycles. The third-order valence-electron chi connectivity index (χ3n) is 4.62. The third kappa shape index (κ3) is 2.59. The summed E-state index contributed by atoms with van der Waals surface area (Å²) in [7, 11) is 0. The Balaban J connectivity index is 1.62. The van der Waals surface area contributed by atoms with Crippen LogP contribution < -0.4 is 5.73 Å². The maximum atomic E-state index is 12.3. The van der Waals surface area contributed by atoms with E-state index >= 15 is 0 Å². The minimum Gasteiger partial charge on any atom is -0.326 e. The van der Waals surface area contributed by atoms with Crippen LogP contribution in [0.4, 0.5) is 0 Å². The molecule has 21 heavy (non-hydrogen) atoms. The number of carbonyl (C=O) groups is 2. The highest BCUT2D eigenvalue weighted by molar-refractivity contribution is 6.21.